The van der Waals surface area contributed by atoms with E-state index in [1.165, 1.54) is 0 Å². The van der Waals surface area contributed by atoms with E-state index in [-0.39, 0.29) is 0 Å². The maximum atomic E-state index is 12.3. The molecule has 1 nitrogen and oxygen atoms in total. The number of hydrogen-bond donors (Lipinski definition) is 0. The molecule has 1 unspecified atom stereocenters. The van der Waals surface area contributed by atoms with Crippen molar-refractivity contribution in [3.05, 3.63) is 60.2 Å². The SMILES string of the molecule is CCCCC([O])c1ccccc1-c1ccccc1. The van der Waals surface area contributed by atoms with Gasteiger partial charge in [-0.1, -0.05) is 74.4 Å². The van der Waals surface area contributed by atoms with Gasteiger partial charge in [-0.3, -0.25) is 0 Å². The zero-order valence-electron chi connectivity index (χ0n) is 10.8. The molecule has 1 atom stereocenters. The van der Waals surface area contributed by atoms with E-state index in [1.54, 1.807) is 0 Å². The van der Waals surface area contributed by atoms with Crippen LogP contribution in [0.1, 0.15) is 37.9 Å². The summed E-state index contributed by atoms with van der Waals surface area (Å²) in [6, 6.07) is 18.1. The third kappa shape index (κ3) is 2.99. The van der Waals surface area contributed by atoms with Crippen LogP contribution in [0.2, 0.25) is 0 Å². The van der Waals surface area contributed by atoms with Crippen molar-refractivity contribution in [3.63, 3.8) is 0 Å². The molecule has 18 heavy (non-hydrogen) atoms. The maximum absolute atomic E-state index is 12.3. The molecule has 0 spiro atoms. The Morgan fingerprint density at radius 2 is 1.61 bits per heavy atom. The Morgan fingerprint density at radius 1 is 0.944 bits per heavy atom. The molecule has 0 amide bonds. The molecule has 0 aliphatic carbocycles. The Labute approximate surface area is 109 Å². The lowest BCUT2D eigenvalue weighted by Crippen LogP contribution is -1.98. The first kappa shape index (κ1) is 12.8. The Bertz CT molecular complexity index is 476. The smallest absolute Gasteiger partial charge is 0.119 e. The summed E-state index contributed by atoms with van der Waals surface area (Å²) in [7, 11) is 0. The predicted molar refractivity (Wildman–Crippen MR) is 74.8 cm³/mol. The van der Waals surface area contributed by atoms with E-state index in [9.17, 15) is 5.11 Å². The van der Waals surface area contributed by atoms with Crippen LogP contribution in [0, 0.1) is 0 Å². The first-order valence-corrected chi connectivity index (χ1v) is 6.63. The number of benzene rings is 2. The summed E-state index contributed by atoms with van der Waals surface area (Å²) in [6.45, 7) is 2.12. The van der Waals surface area contributed by atoms with E-state index in [2.05, 4.69) is 19.1 Å². The highest BCUT2D eigenvalue weighted by atomic mass is 16.3. The van der Waals surface area contributed by atoms with E-state index in [4.69, 9.17) is 0 Å². The fraction of sp³-hybridized carbons (Fsp3) is 0.294. The molecule has 0 aliphatic heterocycles. The van der Waals surface area contributed by atoms with Crippen LogP contribution in [0.3, 0.4) is 0 Å². The largest absolute Gasteiger partial charge is 0.228 e. The Hall–Kier alpha value is -1.60. The molecule has 0 heterocycles. The summed E-state index contributed by atoms with van der Waals surface area (Å²) < 4.78 is 0. The molecular weight excluding hydrogens is 220 g/mol. The topological polar surface area (TPSA) is 19.9 Å². The maximum Gasteiger partial charge on any atom is 0.119 e. The van der Waals surface area contributed by atoms with Gasteiger partial charge in [0.2, 0.25) is 0 Å². The van der Waals surface area contributed by atoms with Gasteiger partial charge in [0.15, 0.2) is 0 Å². The summed E-state index contributed by atoms with van der Waals surface area (Å²) in [5.74, 6) is 0. The second-order valence-electron chi connectivity index (χ2n) is 4.58. The zero-order chi connectivity index (χ0) is 12.8. The van der Waals surface area contributed by atoms with Gasteiger partial charge in [-0.25, -0.2) is 5.11 Å². The van der Waals surface area contributed by atoms with Gasteiger partial charge < -0.3 is 0 Å². The summed E-state index contributed by atoms with van der Waals surface area (Å²) in [6.07, 6.45) is 2.19. The molecule has 1 heteroatoms. The first-order valence-electron chi connectivity index (χ1n) is 6.63. The summed E-state index contributed by atoms with van der Waals surface area (Å²) >= 11 is 0. The minimum absolute atomic E-state index is 0.610. The van der Waals surface area contributed by atoms with Crippen LogP contribution in [0.15, 0.2) is 54.6 Å². The lowest BCUT2D eigenvalue weighted by molar-refractivity contribution is 0.0795. The van der Waals surface area contributed by atoms with Crippen molar-refractivity contribution in [2.24, 2.45) is 0 Å². The van der Waals surface area contributed by atoms with Crippen molar-refractivity contribution in [2.75, 3.05) is 0 Å². The molecule has 0 bridgehead atoms. The molecular formula is C17H19O. The van der Waals surface area contributed by atoms with E-state index in [0.29, 0.717) is 0 Å². The second kappa shape index (κ2) is 6.36. The van der Waals surface area contributed by atoms with Crippen molar-refractivity contribution < 1.29 is 5.11 Å². The standard InChI is InChI=1S/C17H19O/c1-2-3-13-17(18)16-12-8-7-11-15(16)14-9-5-4-6-10-14/h4-12,17H,2-3,13H2,1H3. The zero-order valence-corrected chi connectivity index (χ0v) is 10.8. The molecule has 93 valence electrons. The van der Waals surface area contributed by atoms with Crippen LogP contribution in [0.4, 0.5) is 0 Å². The molecule has 2 rings (SSSR count). The summed E-state index contributed by atoms with van der Waals surface area (Å²) in [5.41, 5.74) is 3.14. The normalized spacial score (nSPS) is 12.3. The average Bonchev–Trinajstić information content (AvgIpc) is 2.45. The van der Waals surface area contributed by atoms with Crippen LogP contribution in [0.5, 0.6) is 0 Å². The minimum Gasteiger partial charge on any atom is -0.228 e. The third-order valence-corrected chi connectivity index (χ3v) is 3.21. The Kier molecular flexibility index (Phi) is 4.54. The first-order chi connectivity index (χ1) is 8.83. The van der Waals surface area contributed by atoms with E-state index in [0.717, 1.165) is 36.0 Å². The number of rotatable bonds is 5. The van der Waals surface area contributed by atoms with Crippen LogP contribution in [0.25, 0.3) is 11.1 Å². The highest BCUT2D eigenvalue weighted by Crippen LogP contribution is 2.30. The third-order valence-electron chi connectivity index (χ3n) is 3.21. The van der Waals surface area contributed by atoms with Gasteiger partial charge in [0.1, 0.15) is 6.10 Å². The highest BCUT2D eigenvalue weighted by Gasteiger charge is 2.13. The van der Waals surface area contributed by atoms with Gasteiger partial charge in [0.25, 0.3) is 0 Å². The molecule has 0 aliphatic rings. The van der Waals surface area contributed by atoms with Crippen molar-refractivity contribution in [2.45, 2.75) is 32.3 Å². The van der Waals surface area contributed by atoms with Crippen LogP contribution in [-0.2, 0) is 5.11 Å². The van der Waals surface area contributed by atoms with Crippen molar-refractivity contribution >= 4 is 0 Å². The highest BCUT2D eigenvalue weighted by molar-refractivity contribution is 5.67. The fourth-order valence-corrected chi connectivity index (χ4v) is 2.20. The predicted octanol–water partition coefficient (Wildman–Crippen LogP) is 5.02. The van der Waals surface area contributed by atoms with Crippen LogP contribution >= 0.6 is 0 Å². The molecule has 0 N–H and O–H groups in total. The Balaban J connectivity index is 2.31. The van der Waals surface area contributed by atoms with Gasteiger partial charge in [0, 0.05) is 0 Å². The molecule has 2 aromatic rings. The van der Waals surface area contributed by atoms with Gasteiger partial charge in [-0.2, -0.15) is 0 Å². The van der Waals surface area contributed by atoms with Crippen LogP contribution in [-0.4, -0.2) is 0 Å². The lowest BCUT2D eigenvalue weighted by atomic mass is 9.94. The van der Waals surface area contributed by atoms with Crippen molar-refractivity contribution in [1.82, 2.24) is 0 Å². The molecule has 0 fully saturated rings. The van der Waals surface area contributed by atoms with Gasteiger partial charge >= 0.3 is 0 Å². The van der Waals surface area contributed by atoms with E-state index >= 15 is 0 Å². The lowest BCUT2D eigenvalue weighted by Gasteiger charge is -2.13. The van der Waals surface area contributed by atoms with E-state index < -0.39 is 6.10 Å². The minimum atomic E-state index is -0.610. The number of hydrogen-bond acceptors (Lipinski definition) is 0. The van der Waals surface area contributed by atoms with Crippen molar-refractivity contribution in [3.8, 4) is 11.1 Å². The quantitative estimate of drug-likeness (QED) is 0.698. The molecule has 0 saturated carbocycles. The molecule has 2 aromatic carbocycles. The molecule has 0 aromatic heterocycles. The van der Waals surface area contributed by atoms with Crippen LogP contribution < -0.4 is 0 Å². The Morgan fingerprint density at radius 3 is 2.33 bits per heavy atom. The molecule has 1 radical (unpaired) electrons. The summed E-state index contributed by atoms with van der Waals surface area (Å²) in [4.78, 5) is 0. The molecule has 0 saturated heterocycles. The fourth-order valence-electron chi connectivity index (χ4n) is 2.20. The van der Waals surface area contributed by atoms with Gasteiger partial charge in [-0.15, -0.1) is 0 Å². The van der Waals surface area contributed by atoms with Crippen molar-refractivity contribution in [1.29, 1.82) is 0 Å². The van der Waals surface area contributed by atoms with Gasteiger partial charge in [0.05, 0.1) is 0 Å². The average molecular weight is 239 g/mol. The number of unbranched alkanes of at least 4 members (excludes halogenated alkanes) is 1. The van der Waals surface area contributed by atoms with E-state index in [1.807, 2.05) is 42.5 Å². The second-order valence-corrected chi connectivity index (χ2v) is 4.58. The van der Waals surface area contributed by atoms with Gasteiger partial charge in [-0.05, 0) is 23.1 Å². The monoisotopic (exact) mass is 239 g/mol. The summed E-state index contributed by atoms with van der Waals surface area (Å²) in [5, 5.41) is 12.3.